The van der Waals surface area contributed by atoms with Crippen LogP contribution in [0.25, 0.3) is 11.0 Å². The third-order valence-corrected chi connectivity index (χ3v) is 4.73. The number of ether oxygens (including phenoxy) is 1. The lowest BCUT2D eigenvalue weighted by Gasteiger charge is -2.22. The zero-order valence-electron chi connectivity index (χ0n) is 19.3. The van der Waals surface area contributed by atoms with E-state index >= 15 is 0 Å². The smallest absolute Gasteiger partial charge is 0.408 e. The molecule has 0 aliphatic rings. The number of nitrogens with one attached hydrogen (secondary N) is 4. The molecule has 0 saturated heterocycles. The van der Waals surface area contributed by atoms with Gasteiger partial charge in [-0.3, -0.25) is 4.79 Å². The van der Waals surface area contributed by atoms with Gasteiger partial charge < -0.3 is 30.8 Å². The Hall–Kier alpha value is -3.92. The van der Waals surface area contributed by atoms with Gasteiger partial charge in [0.2, 0.25) is 0 Å². The molecule has 2 amide bonds. The van der Waals surface area contributed by atoms with E-state index in [0.29, 0.717) is 18.7 Å². The zero-order valence-corrected chi connectivity index (χ0v) is 19.3. The van der Waals surface area contributed by atoms with E-state index in [9.17, 15) is 19.5 Å². The van der Waals surface area contributed by atoms with Crippen LogP contribution in [0.1, 0.15) is 42.5 Å². The van der Waals surface area contributed by atoms with E-state index < -0.39 is 29.6 Å². The topological polar surface area (TPSA) is 145 Å². The predicted octanol–water partition coefficient (Wildman–Crippen LogP) is 2.56. The first-order valence-electron chi connectivity index (χ1n) is 10.8. The Morgan fingerprint density at radius 3 is 2.41 bits per heavy atom. The summed E-state index contributed by atoms with van der Waals surface area (Å²) in [5.74, 6) is -0.888. The normalized spacial score (nSPS) is 12.2. The number of carboxylic acids is 1. The highest BCUT2D eigenvalue weighted by Gasteiger charge is 2.24. The molecule has 180 valence electrons. The van der Waals surface area contributed by atoms with Crippen LogP contribution in [0, 0.1) is 0 Å². The Labute approximate surface area is 197 Å². The molecule has 0 fully saturated rings. The molecule has 3 aromatic rings. The van der Waals surface area contributed by atoms with Crippen molar-refractivity contribution in [1.82, 2.24) is 25.9 Å². The highest BCUT2D eigenvalue weighted by atomic mass is 16.6. The Bertz CT molecular complexity index is 1120. The van der Waals surface area contributed by atoms with Gasteiger partial charge in [0.1, 0.15) is 17.5 Å². The number of imidazole rings is 1. The zero-order chi connectivity index (χ0) is 24.7. The van der Waals surface area contributed by atoms with Crippen LogP contribution in [-0.4, -0.2) is 51.2 Å². The number of para-hydroxylation sites is 2. The number of nitrogens with zero attached hydrogens (tertiary/aromatic N) is 1. The number of aromatic nitrogens is 2. The second-order valence-electron chi connectivity index (χ2n) is 8.75. The lowest BCUT2D eigenvalue weighted by Crippen LogP contribution is -2.49. The van der Waals surface area contributed by atoms with Crippen molar-refractivity contribution in [3.05, 3.63) is 65.5 Å². The number of rotatable bonds is 9. The fourth-order valence-electron chi connectivity index (χ4n) is 3.14. The second-order valence-corrected chi connectivity index (χ2v) is 8.75. The number of carboxylic acid groups (broad SMARTS) is 1. The molecule has 1 atom stereocenters. The number of H-pyrrole nitrogens is 1. The largest absolute Gasteiger partial charge is 0.480 e. The highest BCUT2D eigenvalue weighted by Crippen LogP contribution is 2.11. The molecule has 34 heavy (non-hydrogen) atoms. The number of amides is 2. The Morgan fingerprint density at radius 1 is 1.06 bits per heavy atom. The van der Waals surface area contributed by atoms with Gasteiger partial charge in [-0.1, -0.05) is 24.3 Å². The average Bonchev–Trinajstić information content (AvgIpc) is 3.18. The first-order valence-corrected chi connectivity index (χ1v) is 10.8. The van der Waals surface area contributed by atoms with Gasteiger partial charge in [-0.2, -0.15) is 0 Å². The summed E-state index contributed by atoms with van der Waals surface area (Å²) in [6, 6.07) is 13.4. The molecule has 10 heteroatoms. The molecule has 0 aliphatic carbocycles. The van der Waals surface area contributed by atoms with Crippen molar-refractivity contribution in [2.45, 2.75) is 45.5 Å². The minimum absolute atomic E-state index is 0.284. The third kappa shape index (κ3) is 7.31. The number of hydrogen-bond acceptors (Lipinski definition) is 6. The lowest BCUT2D eigenvalue weighted by atomic mass is 10.1. The molecule has 0 spiro atoms. The van der Waals surface area contributed by atoms with Crippen molar-refractivity contribution in [2.24, 2.45) is 0 Å². The van der Waals surface area contributed by atoms with Gasteiger partial charge in [0.15, 0.2) is 0 Å². The van der Waals surface area contributed by atoms with Crippen LogP contribution in [0.3, 0.4) is 0 Å². The van der Waals surface area contributed by atoms with Crippen molar-refractivity contribution in [3.8, 4) is 0 Å². The van der Waals surface area contributed by atoms with E-state index in [1.165, 1.54) is 0 Å². The number of fused-ring (bicyclic) bond motifs is 1. The fraction of sp³-hybridized carbons (Fsp3) is 0.333. The van der Waals surface area contributed by atoms with Crippen molar-refractivity contribution >= 4 is 29.0 Å². The maximum absolute atomic E-state index is 12.4. The predicted molar refractivity (Wildman–Crippen MR) is 126 cm³/mol. The minimum Gasteiger partial charge on any atom is -0.480 e. The summed E-state index contributed by atoms with van der Waals surface area (Å²) in [7, 11) is 0. The third-order valence-electron chi connectivity index (χ3n) is 4.73. The quantitative estimate of drug-likeness (QED) is 0.325. The van der Waals surface area contributed by atoms with Crippen LogP contribution in [0.5, 0.6) is 0 Å². The number of aromatic amines is 1. The highest BCUT2D eigenvalue weighted by molar-refractivity contribution is 5.94. The molecule has 2 aromatic carbocycles. The molecule has 1 aromatic heterocycles. The van der Waals surface area contributed by atoms with Gasteiger partial charge in [0.05, 0.1) is 17.6 Å². The molecule has 5 N–H and O–H groups in total. The molecular weight excluding hydrogens is 438 g/mol. The van der Waals surface area contributed by atoms with Crippen LogP contribution in [0.4, 0.5) is 4.79 Å². The number of carbonyl (C=O) groups is 3. The van der Waals surface area contributed by atoms with E-state index in [-0.39, 0.29) is 6.54 Å². The van der Waals surface area contributed by atoms with E-state index in [1.54, 1.807) is 32.9 Å². The van der Waals surface area contributed by atoms with E-state index in [1.807, 2.05) is 36.4 Å². The first kappa shape index (κ1) is 24.7. The van der Waals surface area contributed by atoms with Gasteiger partial charge >= 0.3 is 12.1 Å². The molecular formula is C24H29N5O5. The average molecular weight is 468 g/mol. The number of hydrogen-bond donors (Lipinski definition) is 5. The van der Waals surface area contributed by atoms with Gasteiger partial charge in [0, 0.05) is 18.7 Å². The summed E-state index contributed by atoms with van der Waals surface area (Å²) >= 11 is 0. The van der Waals surface area contributed by atoms with E-state index in [0.717, 1.165) is 22.4 Å². The Kier molecular flexibility index (Phi) is 7.85. The fourth-order valence-corrected chi connectivity index (χ4v) is 3.14. The second kappa shape index (κ2) is 10.8. The Balaban J connectivity index is 1.46. The van der Waals surface area contributed by atoms with Gasteiger partial charge in [-0.05, 0) is 50.6 Å². The van der Waals surface area contributed by atoms with Crippen molar-refractivity contribution in [2.75, 3.05) is 6.54 Å². The molecule has 0 aliphatic heterocycles. The maximum Gasteiger partial charge on any atom is 0.408 e. The van der Waals surface area contributed by atoms with Gasteiger partial charge in [-0.25, -0.2) is 14.6 Å². The van der Waals surface area contributed by atoms with Crippen molar-refractivity contribution < 1.29 is 24.2 Å². The number of aliphatic carboxylic acids is 1. The van der Waals surface area contributed by atoms with Crippen LogP contribution in [0.2, 0.25) is 0 Å². The van der Waals surface area contributed by atoms with Crippen LogP contribution >= 0.6 is 0 Å². The molecule has 0 bridgehead atoms. The lowest BCUT2D eigenvalue weighted by molar-refractivity contribution is -0.139. The summed E-state index contributed by atoms with van der Waals surface area (Å²) in [4.78, 5) is 43.4. The summed E-state index contributed by atoms with van der Waals surface area (Å²) < 4.78 is 5.06. The van der Waals surface area contributed by atoms with Gasteiger partial charge in [0.25, 0.3) is 5.91 Å². The van der Waals surface area contributed by atoms with Crippen LogP contribution in [-0.2, 0) is 22.6 Å². The molecule has 3 rings (SSSR count). The molecule has 0 radical (unpaired) electrons. The molecule has 0 saturated carbocycles. The first-order chi connectivity index (χ1) is 16.1. The molecule has 1 heterocycles. The summed E-state index contributed by atoms with van der Waals surface area (Å²) in [6.45, 7) is 5.87. The van der Waals surface area contributed by atoms with Crippen molar-refractivity contribution in [1.29, 1.82) is 0 Å². The molecule has 0 unspecified atom stereocenters. The summed E-state index contributed by atoms with van der Waals surface area (Å²) in [5.41, 5.74) is 2.49. The number of alkyl carbamates (subject to hydrolysis) is 1. The van der Waals surface area contributed by atoms with Crippen LogP contribution < -0.4 is 16.0 Å². The monoisotopic (exact) mass is 467 g/mol. The summed E-state index contributed by atoms with van der Waals surface area (Å²) in [5, 5.41) is 17.4. The molecule has 10 nitrogen and oxygen atoms in total. The Morgan fingerprint density at radius 2 is 1.76 bits per heavy atom. The maximum atomic E-state index is 12.4. The van der Waals surface area contributed by atoms with Gasteiger partial charge in [-0.15, -0.1) is 0 Å². The van der Waals surface area contributed by atoms with Crippen molar-refractivity contribution in [3.63, 3.8) is 0 Å². The van der Waals surface area contributed by atoms with Crippen LogP contribution in [0.15, 0.2) is 48.5 Å². The minimum atomic E-state index is -1.32. The van der Waals surface area contributed by atoms with E-state index in [2.05, 4.69) is 25.9 Å². The number of carbonyl (C=O) groups excluding carboxylic acids is 2. The van der Waals surface area contributed by atoms with E-state index in [4.69, 9.17) is 4.74 Å². The SMILES string of the molecule is CC(C)(C)OC(=O)N[C@@H](CNC(=O)c1ccc(CNCc2nc3ccccc3[nH]2)cc1)C(=O)O. The summed E-state index contributed by atoms with van der Waals surface area (Å²) in [6.07, 6.45) is -0.867. The standard InChI is InChI=1S/C24H29N5O5/c1-24(2,3)34-23(33)29-19(22(31)32)13-26-21(30)16-10-8-15(9-11-16)12-25-14-20-27-17-6-4-5-7-18(17)28-20/h4-11,19,25H,12-14H2,1-3H3,(H,26,30)(H,27,28)(H,29,33)(H,31,32)/t19-/m0/s1. The number of benzene rings is 2.